The molecule has 0 saturated carbocycles. The Labute approximate surface area is 93.8 Å². The predicted molar refractivity (Wildman–Crippen MR) is 60.1 cm³/mol. The van der Waals surface area contributed by atoms with Crippen molar-refractivity contribution in [1.29, 1.82) is 0 Å². The summed E-state index contributed by atoms with van der Waals surface area (Å²) in [6.45, 7) is 4.15. The molecule has 0 amide bonds. The lowest BCUT2D eigenvalue weighted by molar-refractivity contribution is -0.144. The third-order valence-corrected chi connectivity index (χ3v) is 4.31. The van der Waals surface area contributed by atoms with Crippen molar-refractivity contribution in [1.82, 2.24) is 0 Å². The highest BCUT2D eigenvalue weighted by atomic mass is 32.2. The Morgan fingerprint density at radius 3 is 2.40 bits per heavy atom. The van der Waals surface area contributed by atoms with E-state index in [0.29, 0.717) is 12.4 Å². The van der Waals surface area contributed by atoms with Gasteiger partial charge in [-0.05, 0) is 13.3 Å². The van der Waals surface area contributed by atoms with Crippen molar-refractivity contribution in [3.05, 3.63) is 0 Å². The van der Waals surface area contributed by atoms with Gasteiger partial charge in [0.05, 0.1) is 13.0 Å². The highest BCUT2D eigenvalue weighted by Gasteiger charge is 2.25. The fourth-order valence-electron chi connectivity index (χ4n) is 1.14. The van der Waals surface area contributed by atoms with Crippen LogP contribution in [-0.4, -0.2) is 42.0 Å². The van der Waals surface area contributed by atoms with E-state index >= 15 is 0 Å². The molecule has 0 spiro atoms. The summed E-state index contributed by atoms with van der Waals surface area (Å²) in [6, 6.07) is 0. The van der Waals surface area contributed by atoms with Gasteiger partial charge in [0.1, 0.15) is 0 Å². The number of rotatable bonds is 7. The summed E-state index contributed by atoms with van der Waals surface area (Å²) < 4.78 is 21.2. The molecule has 0 saturated heterocycles. The predicted octanol–water partition coefficient (Wildman–Crippen LogP) is 0.969. The summed E-state index contributed by atoms with van der Waals surface area (Å²) >= 11 is 0. The van der Waals surface area contributed by atoms with Gasteiger partial charge in [-0.1, -0.05) is 6.92 Å². The van der Waals surface area contributed by atoms with Gasteiger partial charge in [0, 0.05) is 35.5 Å². The van der Waals surface area contributed by atoms with E-state index in [-0.39, 0.29) is 17.1 Å². The van der Waals surface area contributed by atoms with Gasteiger partial charge in [-0.15, -0.1) is 0 Å². The van der Waals surface area contributed by atoms with Crippen LogP contribution in [0.1, 0.15) is 20.3 Å². The molecule has 0 rings (SSSR count). The molecule has 5 heteroatoms. The van der Waals surface area contributed by atoms with Crippen molar-refractivity contribution in [2.75, 3.05) is 26.6 Å². The molecule has 0 N–H and O–H groups in total. The number of hydrogen-bond donors (Lipinski definition) is 0. The third kappa shape index (κ3) is 5.28. The molecule has 3 atom stereocenters. The Morgan fingerprint density at radius 2 is 1.93 bits per heavy atom. The molecule has 3 unspecified atom stereocenters. The van der Waals surface area contributed by atoms with Crippen molar-refractivity contribution in [3.63, 3.8) is 0 Å². The zero-order valence-corrected chi connectivity index (χ0v) is 10.6. The molecule has 90 valence electrons. The van der Waals surface area contributed by atoms with Crippen molar-refractivity contribution in [2.45, 2.75) is 25.5 Å². The van der Waals surface area contributed by atoms with Crippen LogP contribution < -0.4 is 0 Å². The number of esters is 1. The minimum Gasteiger partial charge on any atom is -0.469 e. The maximum absolute atomic E-state index is 11.7. The van der Waals surface area contributed by atoms with Gasteiger partial charge in [0.15, 0.2) is 0 Å². The summed E-state index contributed by atoms with van der Waals surface area (Å²) in [4.78, 5) is 11.2. The van der Waals surface area contributed by atoms with Crippen LogP contribution in [0.2, 0.25) is 0 Å². The van der Waals surface area contributed by atoms with E-state index in [2.05, 4.69) is 4.74 Å². The molecule has 0 aromatic rings. The van der Waals surface area contributed by atoms with Crippen molar-refractivity contribution < 1.29 is 18.5 Å². The van der Waals surface area contributed by atoms with Gasteiger partial charge < -0.3 is 9.47 Å². The Morgan fingerprint density at radius 1 is 1.33 bits per heavy atom. The first-order valence-corrected chi connectivity index (χ1v) is 6.36. The number of carbonyl (C=O) groups excluding carboxylic acids is 1. The van der Waals surface area contributed by atoms with Gasteiger partial charge in [-0.25, -0.2) is 0 Å². The molecule has 0 aliphatic heterocycles. The quantitative estimate of drug-likeness (QED) is 0.488. The Hall–Kier alpha value is -0.420. The molecule has 0 fully saturated rings. The lowest BCUT2D eigenvalue weighted by Crippen LogP contribution is -2.29. The van der Waals surface area contributed by atoms with Crippen molar-refractivity contribution in [2.24, 2.45) is 5.92 Å². The van der Waals surface area contributed by atoms with Crippen LogP contribution in [-0.2, 0) is 25.1 Å². The minimum absolute atomic E-state index is 0.172. The van der Waals surface area contributed by atoms with E-state index in [9.17, 15) is 9.00 Å². The number of hydrogen-bond acceptors (Lipinski definition) is 4. The Bertz CT molecular complexity index is 217. The molecule has 15 heavy (non-hydrogen) atoms. The zero-order valence-electron chi connectivity index (χ0n) is 9.82. The minimum atomic E-state index is -0.999. The molecule has 0 aromatic carbocycles. The third-order valence-electron chi connectivity index (χ3n) is 2.39. The van der Waals surface area contributed by atoms with Gasteiger partial charge in [0.2, 0.25) is 0 Å². The van der Waals surface area contributed by atoms with Crippen LogP contribution in [0.4, 0.5) is 0 Å². The monoisotopic (exact) mass is 236 g/mol. The molecule has 0 aromatic heterocycles. The number of methoxy groups -OCH3 is 2. The average Bonchev–Trinajstić information content (AvgIpc) is 2.26. The largest absolute Gasteiger partial charge is 0.469 e. The van der Waals surface area contributed by atoms with E-state index in [0.717, 1.165) is 6.42 Å². The van der Waals surface area contributed by atoms with E-state index < -0.39 is 10.8 Å². The fraction of sp³-hybridized carbons (Fsp3) is 0.900. The maximum atomic E-state index is 11.7. The molecular weight excluding hydrogens is 216 g/mol. The first kappa shape index (κ1) is 14.6. The molecular formula is C10H20O4S. The number of carbonyl (C=O) groups is 1. The molecule has 0 heterocycles. The first-order chi connectivity index (χ1) is 7.04. The van der Waals surface area contributed by atoms with Crippen LogP contribution >= 0.6 is 0 Å². The second kappa shape index (κ2) is 7.82. The van der Waals surface area contributed by atoms with E-state index in [1.165, 1.54) is 7.11 Å². The maximum Gasteiger partial charge on any atom is 0.309 e. The van der Waals surface area contributed by atoms with E-state index in [1.54, 1.807) is 14.0 Å². The van der Waals surface area contributed by atoms with Crippen LogP contribution in [0, 0.1) is 5.92 Å². The molecule has 0 aliphatic rings. The molecule has 4 nitrogen and oxygen atoms in total. The molecule has 0 bridgehead atoms. The Kier molecular flexibility index (Phi) is 7.60. The highest BCUT2D eigenvalue weighted by molar-refractivity contribution is 7.85. The molecule has 0 radical (unpaired) electrons. The van der Waals surface area contributed by atoms with E-state index in [1.807, 2.05) is 6.92 Å². The smallest absolute Gasteiger partial charge is 0.309 e. The SMILES string of the molecule is COCCCS(=O)C(C)C(C)C(=O)OC. The van der Waals surface area contributed by atoms with Gasteiger partial charge >= 0.3 is 5.97 Å². The standard InChI is InChI=1S/C10H20O4S/c1-8(10(11)14-4)9(2)15(12)7-5-6-13-3/h8-9H,5-7H2,1-4H3. The molecule has 0 aliphatic carbocycles. The van der Waals surface area contributed by atoms with Crippen molar-refractivity contribution in [3.8, 4) is 0 Å². The van der Waals surface area contributed by atoms with Gasteiger partial charge in [0.25, 0.3) is 0 Å². The number of ether oxygens (including phenoxy) is 2. The van der Waals surface area contributed by atoms with Gasteiger partial charge in [-0.3, -0.25) is 9.00 Å². The van der Waals surface area contributed by atoms with Crippen LogP contribution in [0.25, 0.3) is 0 Å². The van der Waals surface area contributed by atoms with Gasteiger partial charge in [-0.2, -0.15) is 0 Å². The topological polar surface area (TPSA) is 52.6 Å². The summed E-state index contributed by atoms with van der Waals surface area (Å²) in [6.07, 6.45) is 0.751. The average molecular weight is 236 g/mol. The lowest BCUT2D eigenvalue weighted by atomic mass is 10.1. The van der Waals surface area contributed by atoms with Crippen LogP contribution in [0.3, 0.4) is 0 Å². The second-order valence-corrected chi connectivity index (χ2v) is 5.36. The fourth-order valence-corrected chi connectivity index (χ4v) is 2.48. The summed E-state index contributed by atoms with van der Waals surface area (Å²) in [7, 11) is 1.96. The van der Waals surface area contributed by atoms with Crippen LogP contribution in [0.5, 0.6) is 0 Å². The first-order valence-electron chi connectivity index (χ1n) is 4.98. The summed E-state index contributed by atoms with van der Waals surface area (Å²) in [5.74, 6) is -0.0583. The Balaban J connectivity index is 4.02. The zero-order chi connectivity index (χ0) is 11.8. The van der Waals surface area contributed by atoms with Crippen LogP contribution in [0.15, 0.2) is 0 Å². The highest BCUT2D eigenvalue weighted by Crippen LogP contribution is 2.12. The second-order valence-electron chi connectivity index (χ2n) is 3.45. The van der Waals surface area contributed by atoms with Crippen molar-refractivity contribution >= 4 is 16.8 Å². The summed E-state index contributed by atoms with van der Waals surface area (Å²) in [5.41, 5.74) is 0. The normalized spacial score (nSPS) is 16.8. The van der Waals surface area contributed by atoms with E-state index in [4.69, 9.17) is 4.74 Å². The summed E-state index contributed by atoms with van der Waals surface area (Å²) in [5, 5.41) is -0.172. The lowest BCUT2D eigenvalue weighted by Gasteiger charge is -2.16.